The summed E-state index contributed by atoms with van der Waals surface area (Å²) in [6.07, 6.45) is 0.979. The molecule has 1 saturated heterocycles. The van der Waals surface area contributed by atoms with Gasteiger partial charge in [0, 0.05) is 75.5 Å². The minimum atomic E-state index is -1.07. The van der Waals surface area contributed by atoms with Crippen molar-refractivity contribution in [3.8, 4) is 0 Å². The van der Waals surface area contributed by atoms with Crippen LogP contribution in [0, 0.1) is 0 Å². The van der Waals surface area contributed by atoms with E-state index in [0.29, 0.717) is 36.7 Å². The molecule has 1 unspecified atom stereocenters. The Morgan fingerprint density at radius 1 is 0.822 bits per heavy atom. The third-order valence-corrected chi connectivity index (χ3v) is 7.28. The Morgan fingerprint density at radius 2 is 1.33 bits per heavy atom. The number of carboxylic acid groups (broad SMARTS) is 4. The maximum atomic E-state index is 11.9. The zero-order valence-corrected chi connectivity index (χ0v) is 25.8. The highest BCUT2D eigenvalue weighted by molar-refractivity contribution is 7.80. The van der Waals surface area contributed by atoms with Crippen LogP contribution in [0.25, 0.3) is 10.4 Å². The predicted molar refractivity (Wildman–Crippen MR) is 168 cm³/mol. The lowest BCUT2D eigenvalue weighted by Crippen LogP contribution is -2.53. The van der Waals surface area contributed by atoms with E-state index in [1.54, 1.807) is 19.6 Å². The van der Waals surface area contributed by atoms with E-state index in [9.17, 15) is 39.6 Å². The maximum Gasteiger partial charge on any atom is 0.317 e. The molecule has 18 heteroatoms. The first-order valence-electron chi connectivity index (χ1n) is 14.4. The van der Waals surface area contributed by atoms with Crippen LogP contribution in [0.15, 0.2) is 29.4 Å². The smallest absolute Gasteiger partial charge is 0.317 e. The van der Waals surface area contributed by atoms with Crippen LogP contribution in [0.4, 0.5) is 5.69 Å². The van der Waals surface area contributed by atoms with Crippen molar-refractivity contribution in [1.82, 2.24) is 24.9 Å². The molecule has 0 spiro atoms. The topological polar surface area (TPSA) is 235 Å². The number of hydrogen-bond donors (Lipinski definition) is 6. The second-order valence-corrected chi connectivity index (χ2v) is 11.0. The van der Waals surface area contributed by atoms with Crippen LogP contribution in [0.3, 0.4) is 0 Å². The van der Waals surface area contributed by atoms with Crippen molar-refractivity contribution in [1.29, 1.82) is 0 Å². The van der Waals surface area contributed by atoms with E-state index in [2.05, 4.69) is 20.7 Å². The largest absolute Gasteiger partial charge is 0.480 e. The van der Waals surface area contributed by atoms with Crippen LogP contribution in [0.5, 0.6) is 0 Å². The Morgan fingerprint density at radius 3 is 1.87 bits per heavy atom. The molecule has 0 saturated carbocycles. The van der Waals surface area contributed by atoms with Crippen LogP contribution in [-0.2, 0) is 25.6 Å². The summed E-state index contributed by atoms with van der Waals surface area (Å²) >= 11 is 5.30. The second kappa shape index (κ2) is 20.1. The van der Waals surface area contributed by atoms with Crippen LogP contribution >= 0.6 is 12.2 Å². The fourth-order valence-corrected chi connectivity index (χ4v) is 5.14. The van der Waals surface area contributed by atoms with Gasteiger partial charge in [0.2, 0.25) is 0 Å². The van der Waals surface area contributed by atoms with Crippen molar-refractivity contribution in [2.45, 2.75) is 18.9 Å². The van der Waals surface area contributed by atoms with Gasteiger partial charge in [-0.25, -0.2) is 0 Å². The van der Waals surface area contributed by atoms with Crippen molar-refractivity contribution >= 4 is 46.9 Å². The van der Waals surface area contributed by atoms with Gasteiger partial charge in [-0.15, -0.1) is 0 Å². The summed E-state index contributed by atoms with van der Waals surface area (Å²) in [7, 11) is 0. The normalized spacial score (nSPS) is 17.6. The summed E-state index contributed by atoms with van der Waals surface area (Å²) in [5, 5.41) is 48.1. The molecular formula is C27H41N9O8S. The molecule has 0 bridgehead atoms. The lowest BCUT2D eigenvalue weighted by atomic mass is 10.0. The van der Waals surface area contributed by atoms with E-state index < -0.39 is 29.9 Å². The molecule has 248 valence electrons. The Labute approximate surface area is 266 Å². The van der Waals surface area contributed by atoms with Gasteiger partial charge in [0.05, 0.1) is 26.2 Å². The molecular weight excluding hydrogens is 610 g/mol. The van der Waals surface area contributed by atoms with E-state index in [0.717, 1.165) is 5.56 Å². The number of hydrogen-bond acceptors (Lipinski definition) is 10. The molecule has 0 aliphatic carbocycles. The van der Waals surface area contributed by atoms with Gasteiger partial charge in [-0.2, -0.15) is 0 Å². The first-order chi connectivity index (χ1) is 21.4. The molecule has 6 N–H and O–H groups in total. The van der Waals surface area contributed by atoms with Crippen LogP contribution < -0.4 is 10.6 Å². The predicted octanol–water partition coefficient (Wildman–Crippen LogP) is 0.145. The molecule has 45 heavy (non-hydrogen) atoms. The number of nitrogens with zero attached hydrogens (tertiary/aromatic N) is 7. The molecule has 1 aliphatic rings. The van der Waals surface area contributed by atoms with Crippen molar-refractivity contribution < 1.29 is 39.6 Å². The number of rotatable bonds is 15. The Bertz CT molecular complexity index is 1200. The van der Waals surface area contributed by atoms with E-state index in [1.807, 2.05) is 24.3 Å². The molecule has 1 fully saturated rings. The summed E-state index contributed by atoms with van der Waals surface area (Å²) in [6, 6.07) is 6.88. The number of carboxylic acids is 4. The molecule has 17 nitrogen and oxygen atoms in total. The zero-order chi connectivity index (χ0) is 33.2. The Balaban J connectivity index is 2.28. The lowest BCUT2D eigenvalue weighted by molar-refractivity contribution is -0.142. The fourth-order valence-electron chi connectivity index (χ4n) is 4.92. The Hall–Kier alpha value is -4.06. The van der Waals surface area contributed by atoms with Gasteiger partial charge in [-0.1, -0.05) is 17.2 Å². The Kier molecular flexibility index (Phi) is 16.6. The SMILES string of the molecule is [N-]=[N+]=NCCCNC(=S)Nc1ccc(CC2CN(CC(=O)O)CCN(CC(=O)O)CCN(CC(=O)O)CCN2CC(=O)O)cc1. The van der Waals surface area contributed by atoms with Crippen molar-refractivity contribution in [2.75, 3.05) is 90.4 Å². The highest BCUT2D eigenvalue weighted by Gasteiger charge is 2.27. The molecule has 1 heterocycles. The van der Waals surface area contributed by atoms with E-state index >= 15 is 0 Å². The van der Waals surface area contributed by atoms with E-state index in [-0.39, 0.29) is 72.0 Å². The first-order valence-corrected chi connectivity index (χ1v) is 14.8. The van der Waals surface area contributed by atoms with Crippen LogP contribution in [0.2, 0.25) is 0 Å². The first kappa shape index (κ1) is 37.1. The summed E-state index contributed by atoms with van der Waals surface area (Å²) in [6.45, 7) is 1.16. The van der Waals surface area contributed by atoms with Gasteiger partial charge in [0.25, 0.3) is 0 Å². The molecule has 0 aromatic heterocycles. The fraction of sp³-hybridized carbons (Fsp3) is 0.593. The highest BCUT2D eigenvalue weighted by Crippen LogP contribution is 2.16. The molecule has 0 amide bonds. The average molecular weight is 652 g/mol. The summed E-state index contributed by atoms with van der Waals surface area (Å²) in [5.41, 5.74) is 9.91. The average Bonchev–Trinajstić information content (AvgIpc) is 2.95. The quantitative estimate of drug-likeness (QED) is 0.0487. The van der Waals surface area contributed by atoms with Gasteiger partial charge in [0.1, 0.15) is 0 Å². The summed E-state index contributed by atoms with van der Waals surface area (Å²) in [5.74, 6) is -4.26. The van der Waals surface area contributed by atoms with Crippen molar-refractivity contribution in [2.24, 2.45) is 5.11 Å². The third kappa shape index (κ3) is 16.0. The molecule has 1 aromatic carbocycles. The number of thiocarbonyl (C=S) groups is 1. The van der Waals surface area contributed by atoms with Gasteiger partial charge in [-0.05, 0) is 48.3 Å². The second-order valence-electron chi connectivity index (χ2n) is 10.6. The number of benzene rings is 1. The van der Waals surface area contributed by atoms with Gasteiger partial charge in [-0.3, -0.25) is 38.8 Å². The minimum absolute atomic E-state index is 0.184. The van der Waals surface area contributed by atoms with E-state index in [1.165, 1.54) is 0 Å². The number of nitrogens with one attached hydrogen (secondary N) is 2. The molecule has 1 atom stereocenters. The minimum Gasteiger partial charge on any atom is -0.480 e. The standard InChI is InChI=1S/C27H41N9O8S/c28-32-30-7-1-6-29-27(45)31-21-4-2-20(3-5-21)14-22-15-35(18-25(41)42)11-10-33(16-23(37)38)8-9-34(17-24(39)40)12-13-36(22)19-26(43)44/h2-5,22H,1,6-19H2,(H,37,38)(H,39,40)(H,41,42)(H,43,44)(H2,29,31,45). The zero-order valence-electron chi connectivity index (χ0n) is 25.0. The lowest BCUT2D eigenvalue weighted by Gasteiger charge is -2.37. The number of anilines is 1. The van der Waals surface area contributed by atoms with Crippen LogP contribution in [-0.4, -0.2) is 160 Å². The van der Waals surface area contributed by atoms with Gasteiger partial charge >= 0.3 is 23.9 Å². The summed E-state index contributed by atoms with van der Waals surface area (Å²) in [4.78, 5) is 56.1. The molecule has 2 rings (SSSR count). The highest BCUT2D eigenvalue weighted by atomic mass is 32.1. The monoisotopic (exact) mass is 651 g/mol. The van der Waals surface area contributed by atoms with Gasteiger partial charge in [0.15, 0.2) is 5.11 Å². The number of carbonyl (C=O) groups is 4. The molecule has 1 aliphatic heterocycles. The van der Waals surface area contributed by atoms with Crippen molar-refractivity contribution in [3.63, 3.8) is 0 Å². The molecule has 1 aromatic rings. The number of azide groups is 1. The summed E-state index contributed by atoms with van der Waals surface area (Å²) < 4.78 is 0. The van der Waals surface area contributed by atoms with Crippen LogP contribution in [0.1, 0.15) is 12.0 Å². The van der Waals surface area contributed by atoms with Gasteiger partial charge < -0.3 is 31.1 Å². The molecule has 0 radical (unpaired) electrons. The third-order valence-electron chi connectivity index (χ3n) is 7.04. The van der Waals surface area contributed by atoms with Crippen molar-refractivity contribution in [3.05, 3.63) is 40.3 Å². The number of aliphatic carboxylic acids is 4. The maximum absolute atomic E-state index is 11.9. The van der Waals surface area contributed by atoms with E-state index in [4.69, 9.17) is 17.7 Å².